The second-order valence-corrected chi connectivity index (χ2v) is 7.98. The van der Waals surface area contributed by atoms with Gasteiger partial charge >= 0.3 is 0 Å². The highest BCUT2D eigenvalue weighted by Crippen LogP contribution is 2.29. The van der Waals surface area contributed by atoms with Gasteiger partial charge in [0.15, 0.2) is 0 Å². The van der Waals surface area contributed by atoms with Crippen molar-refractivity contribution in [2.24, 2.45) is 0 Å². The van der Waals surface area contributed by atoms with Crippen LogP contribution in [0, 0.1) is 13.8 Å². The highest BCUT2D eigenvalue weighted by atomic mass is 35.5. The van der Waals surface area contributed by atoms with E-state index in [-0.39, 0.29) is 29.8 Å². The normalized spacial score (nSPS) is 18.3. The van der Waals surface area contributed by atoms with Crippen molar-refractivity contribution in [3.8, 4) is 0 Å². The summed E-state index contributed by atoms with van der Waals surface area (Å²) in [6.45, 7) is 13.6. The van der Waals surface area contributed by atoms with Crippen LogP contribution >= 0.6 is 12.4 Å². The van der Waals surface area contributed by atoms with Gasteiger partial charge in [-0.2, -0.15) is 0 Å². The molecule has 1 aromatic carbocycles. The Balaban J connectivity index is 0.00000338. The van der Waals surface area contributed by atoms with Crippen LogP contribution in [0.4, 0.5) is 5.69 Å². The number of anilines is 1. The van der Waals surface area contributed by atoms with E-state index in [0.717, 1.165) is 16.8 Å². The first-order valence-electron chi connectivity index (χ1n) is 8.63. The van der Waals surface area contributed by atoms with Gasteiger partial charge in [-0.1, -0.05) is 24.3 Å². The maximum absolute atomic E-state index is 12.7. The van der Waals surface area contributed by atoms with Gasteiger partial charge in [0.2, 0.25) is 11.8 Å². The Labute approximate surface area is 162 Å². The van der Waals surface area contributed by atoms with Gasteiger partial charge in [-0.05, 0) is 59.6 Å². The molecule has 0 aromatic heterocycles. The Bertz CT molecular complexity index is 718. The molecule has 1 unspecified atom stereocenters. The molecular weight excluding hydrogens is 350 g/mol. The fourth-order valence-electron chi connectivity index (χ4n) is 3.38. The van der Waals surface area contributed by atoms with Crippen LogP contribution in [0.25, 0.3) is 0 Å². The van der Waals surface area contributed by atoms with Crippen molar-refractivity contribution >= 4 is 29.9 Å². The number of hydrogen-bond acceptors (Lipinski definition) is 3. The molecule has 6 heteroatoms. The van der Waals surface area contributed by atoms with Crippen LogP contribution in [0.5, 0.6) is 0 Å². The fourth-order valence-corrected chi connectivity index (χ4v) is 3.38. The second kappa shape index (κ2) is 7.80. The predicted octanol–water partition coefficient (Wildman–Crippen LogP) is 3.26. The number of benzene rings is 1. The summed E-state index contributed by atoms with van der Waals surface area (Å²) >= 11 is 0. The Hall–Kier alpha value is -1.85. The van der Waals surface area contributed by atoms with Gasteiger partial charge in [-0.15, -0.1) is 12.4 Å². The van der Waals surface area contributed by atoms with Crippen molar-refractivity contribution in [1.82, 2.24) is 10.6 Å². The number of aryl methyl sites for hydroxylation is 2. The van der Waals surface area contributed by atoms with E-state index < -0.39 is 11.6 Å². The fraction of sp³-hybridized carbons (Fsp3) is 0.500. The van der Waals surface area contributed by atoms with Gasteiger partial charge in [0.05, 0.1) is 0 Å². The molecule has 0 radical (unpaired) electrons. The lowest BCUT2D eigenvalue weighted by Gasteiger charge is -2.28. The summed E-state index contributed by atoms with van der Waals surface area (Å²) in [7, 11) is 0. The molecule has 0 aliphatic carbocycles. The summed E-state index contributed by atoms with van der Waals surface area (Å²) in [5.41, 5.74) is 2.77. The van der Waals surface area contributed by atoms with E-state index >= 15 is 0 Å². The molecule has 5 nitrogen and oxygen atoms in total. The third-order valence-corrected chi connectivity index (χ3v) is 4.53. The molecule has 1 aliphatic rings. The van der Waals surface area contributed by atoms with Crippen molar-refractivity contribution in [2.45, 2.75) is 65.6 Å². The average molecular weight is 380 g/mol. The van der Waals surface area contributed by atoms with Crippen LogP contribution < -0.4 is 16.0 Å². The Kier molecular flexibility index (Phi) is 6.66. The molecule has 2 rings (SSSR count). The minimum atomic E-state index is -0.632. The first-order chi connectivity index (χ1) is 11.4. The monoisotopic (exact) mass is 379 g/mol. The van der Waals surface area contributed by atoms with Crippen LogP contribution in [0.2, 0.25) is 0 Å². The van der Waals surface area contributed by atoms with E-state index in [1.54, 1.807) is 6.92 Å². The number of rotatable bonds is 4. The largest absolute Gasteiger partial charge is 0.341 e. The third kappa shape index (κ3) is 4.86. The van der Waals surface area contributed by atoms with Crippen LogP contribution in [0.1, 0.15) is 45.7 Å². The standard InChI is InChI=1S/C20H29N3O2.ClH/c1-12-9-8-10-13(2)16(12)22-17(24)14(3)21-18(25)15-11-19(4,5)23-20(15,6)7;/h8-11,14,23H,1-7H3,(H,21,25)(H,22,24);1H. The summed E-state index contributed by atoms with van der Waals surface area (Å²) in [6, 6.07) is 5.22. The average Bonchev–Trinajstić information content (AvgIpc) is 2.70. The van der Waals surface area contributed by atoms with Crippen LogP contribution in [0.15, 0.2) is 29.8 Å². The molecule has 0 saturated heterocycles. The number of para-hydroxylation sites is 1. The zero-order valence-corrected chi connectivity index (χ0v) is 17.4. The van der Waals surface area contributed by atoms with E-state index in [1.807, 2.05) is 65.8 Å². The lowest BCUT2D eigenvalue weighted by molar-refractivity contribution is -0.124. The smallest absolute Gasteiger partial charge is 0.249 e. The molecule has 0 bridgehead atoms. The lowest BCUT2D eigenvalue weighted by atomic mass is 9.96. The van der Waals surface area contributed by atoms with Crippen molar-refractivity contribution in [1.29, 1.82) is 0 Å². The van der Waals surface area contributed by atoms with Crippen molar-refractivity contribution in [2.75, 3.05) is 5.32 Å². The number of carbonyl (C=O) groups is 2. The number of amides is 2. The molecule has 1 aliphatic heterocycles. The number of hydrogen-bond donors (Lipinski definition) is 3. The second-order valence-electron chi connectivity index (χ2n) is 7.98. The lowest BCUT2D eigenvalue weighted by Crippen LogP contribution is -2.49. The molecular formula is C20H30ClN3O2. The molecule has 0 saturated carbocycles. The Morgan fingerprint density at radius 1 is 1.08 bits per heavy atom. The first-order valence-corrected chi connectivity index (χ1v) is 8.63. The summed E-state index contributed by atoms with van der Waals surface area (Å²) < 4.78 is 0. The van der Waals surface area contributed by atoms with Gasteiger partial charge in [0.25, 0.3) is 0 Å². The van der Waals surface area contributed by atoms with Gasteiger partial charge in [0.1, 0.15) is 6.04 Å². The van der Waals surface area contributed by atoms with Crippen LogP contribution in [-0.4, -0.2) is 28.9 Å². The maximum Gasteiger partial charge on any atom is 0.249 e. The van der Waals surface area contributed by atoms with E-state index in [0.29, 0.717) is 5.57 Å². The number of nitrogens with one attached hydrogen (secondary N) is 3. The highest BCUT2D eigenvalue weighted by molar-refractivity contribution is 6.02. The summed E-state index contributed by atoms with van der Waals surface area (Å²) in [4.78, 5) is 25.1. The van der Waals surface area contributed by atoms with Crippen molar-refractivity contribution in [3.05, 3.63) is 41.0 Å². The summed E-state index contributed by atoms with van der Waals surface area (Å²) in [5.74, 6) is -0.443. The molecule has 144 valence electrons. The minimum absolute atomic E-state index is 0. The molecule has 2 amide bonds. The van der Waals surface area contributed by atoms with Crippen LogP contribution in [0.3, 0.4) is 0 Å². The zero-order chi connectivity index (χ0) is 19.0. The number of carbonyl (C=O) groups excluding carboxylic acids is 2. The topological polar surface area (TPSA) is 70.2 Å². The third-order valence-electron chi connectivity index (χ3n) is 4.53. The number of halogens is 1. The van der Waals surface area contributed by atoms with Crippen molar-refractivity contribution in [3.63, 3.8) is 0 Å². The Morgan fingerprint density at radius 3 is 2.08 bits per heavy atom. The molecule has 1 aromatic rings. The summed E-state index contributed by atoms with van der Waals surface area (Å²) in [6.07, 6.45) is 1.93. The Morgan fingerprint density at radius 2 is 1.62 bits per heavy atom. The van der Waals surface area contributed by atoms with Crippen LogP contribution in [-0.2, 0) is 9.59 Å². The molecule has 1 heterocycles. The van der Waals surface area contributed by atoms with Gasteiger partial charge < -0.3 is 10.6 Å². The summed E-state index contributed by atoms with van der Waals surface area (Å²) in [5, 5.41) is 9.14. The van der Waals surface area contributed by atoms with Gasteiger partial charge in [0, 0.05) is 22.3 Å². The minimum Gasteiger partial charge on any atom is -0.341 e. The molecule has 26 heavy (non-hydrogen) atoms. The van der Waals surface area contributed by atoms with Crippen molar-refractivity contribution < 1.29 is 9.59 Å². The molecule has 3 N–H and O–H groups in total. The zero-order valence-electron chi connectivity index (χ0n) is 16.6. The van der Waals surface area contributed by atoms with E-state index in [9.17, 15) is 9.59 Å². The van der Waals surface area contributed by atoms with E-state index in [1.165, 1.54) is 0 Å². The predicted molar refractivity (Wildman–Crippen MR) is 109 cm³/mol. The maximum atomic E-state index is 12.7. The highest BCUT2D eigenvalue weighted by Gasteiger charge is 2.40. The first kappa shape index (κ1) is 22.2. The SMILES string of the molecule is Cc1cccc(C)c1NC(=O)C(C)NC(=O)C1=CC(C)(C)NC1(C)C.Cl. The van der Waals surface area contributed by atoms with E-state index in [2.05, 4.69) is 16.0 Å². The molecule has 0 spiro atoms. The molecule has 1 atom stereocenters. The van der Waals surface area contributed by atoms with Gasteiger partial charge in [-0.25, -0.2) is 0 Å². The van der Waals surface area contributed by atoms with Gasteiger partial charge in [-0.3, -0.25) is 14.9 Å². The molecule has 0 fully saturated rings. The quantitative estimate of drug-likeness (QED) is 0.752. The van der Waals surface area contributed by atoms with E-state index in [4.69, 9.17) is 0 Å².